The van der Waals surface area contributed by atoms with Crippen LogP contribution in [-0.2, 0) is 4.74 Å². The van der Waals surface area contributed by atoms with Crippen LogP contribution < -0.4 is 0 Å². The second-order valence-electron chi connectivity index (χ2n) is 2.84. The Morgan fingerprint density at radius 1 is 1.60 bits per heavy atom. The van der Waals surface area contributed by atoms with Crippen LogP contribution in [0.4, 0.5) is 0 Å². The fraction of sp³-hybridized carbons (Fsp3) is 0.875. The van der Waals surface area contributed by atoms with Crippen molar-refractivity contribution < 1.29 is 4.74 Å². The van der Waals surface area contributed by atoms with E-state index in [1.165, 1.54) is 19.3 Å². The van der Waals surface area contributed by atoms with Crippen LogP contribution in [0.25, 0.3) is 0 Å². The van der Waals surface area contributed by atoms with E-state index in [0.29, 0.717) is 11.8 Å². The molecule has 0 aliphatic heterocycles. The van der Waals surface area contributed by atoms with E-state index in [1.807, 2.05) is 0 Å². The maximum absolute atomic E-state index is 7.43. The van der Waals surface area contributed by atoms with E-state index in [-0.39, 0.29) is 0 Å². The Kier molecular flexibility index (Phi) is 2.72. The molecule has 0 amide bonds. The van der Waals surface area contributed by atoms with Crippen molar-refractivity contribution in [3.8, 4) is 0 Å². The first-order chi connectivity index (χ1) is 4.84. The summed E-state index contributed by atoms with van der Waals surface area (Å²) in [4.78, 5) is 0. The highest BCUT2D eigenvalue weighted by Crippen LogP contribution is 2.27. The number of nitrogens with one attached hydrogen (secondary N) is 1. The Hall–Kier alpha value is -0.530. The van der Waals surface area contributed by atoms with E-state index >= 15 is 0 Å². The van der Waals surface area contributed by atoms with Crippen LogP contribution in [0.5, 0.6) is 0 Å². The quantitative estimate of drug-likeness (QED) is 0.474. The van der Waals surface area contributed by atoms with Gasteiger partial charge in [0.1, 0.15) is 0 Å². The van der Waals surface area contributed by atoms with Crippen LogP contribution in [-0.4, -0.2) is 12.5 Å². The lowest BCUT2D eigenvalue weighted by molar-refractivity contribution is 0.247. The second-order valence-corrected chi connectivity index (χ2v) is 2.84. The molecule has 0 heterocycles. The van der Waals surface area contributed by atoms with Crippen molar-refractivity contribution in [3.05, 3.63) is 0 Å². The zero-order valence-corrected chi connectivity index (χ0v) is 6.52. The van der Waals surface area contributed by atoms with E-state index in [0.717, 1.165) is 13.0 Å². The highest BCUT2D eigenvalue weighted by Gasteiger charge is 2.22. The normalized spacial score (nSPS) is 18.1. The fourth-order valence-corrected chi connectivity index (χ4v) is 1.00. The molecule has 1 rings (SSSR count). The highest BCUT2D eigenvalue weighted by atomic mass is 16.5. The van der Waals surface area contributed by atoms with Gasteiger partial charge in [0.05, 0.1) is 6.61 Å². The third kappa shape index (κ3) is 1.72. The van der Waals surface area contributed by atoms with Gasteiger partial charge in [-0.2, -0.15) is 0 Å². The first kappa shape index (κ1) is 7.58. The number of hydrogen-bond acceptors (Lipinski definition) is 2. The Labute approximate surface area is 62.1 Å². The monoisotopic (exact) mass is 141 g/mol. The maximum Gasteiger partial charge on any atom is 0.183 e. The molecule has 1 aliphatic rings. The molecule has 0 bridgehead atoms. The van der Waals surface area contributed by atoms with Gasteiger partial charge in [-0.1, -0.05) is 13.3 Å². The minimum absolute atomic E-state index is 0.464. The molecule has 10 heavy (non-hydrogen) atoms. The molecule has 0 aromatic heterocycles. The summed E-state index contributed by atoms with van der Waals surface area (Å²) in [6.45, 7) is 2.78. The second kappa shape index (κ2) is 3.59. The summed E-state index contributed by atoms with van der Waals surface area (Å²) in [5.74, 6) is 0.986. The van der Waals surface area contributed by atoms with Crippen molar-refractivity contribution in [2.75, 3.05) is 6.61 Å². The third-order valence-electron chi connectivity index (χ3n) is 1.94. The molecule has 58 valence electrons. The Bertz CT molecular complexity index is 118. The van der Waals surface area contributed by atoms with Crippen molar-refractivity contribution >= 4 is 5.90 Å². The lowest BCUT2D eigenvalue weighted by atomic mass is 9.85. The van der Waals surface area contributed by atoms with Crippen LogP contribution in [0.3, 0.4) is 0 Å². The van der Waals surface area contributed by atoms with Gasteiger partial charge >= 0.3 is 0 Å². The topological polar surface area (TPSA) is 33.1 Å². The molecule has 0 unspecified atom stereocenters. The van der Waals surface area contributed by atoms with Gasteiger partial charge in [-0.05, 0) is 19.3 Å². The Morgan fingerprint density at radius 3 is 2.70 bits per heavy atom. The van der Waals surface area contributed by atoms with E-state index in [9.17, 15) is 0 Å². The molecule has 1 saturated carbocycles. The molecule has 2 nitrogen and oxygen atoms in total. The largest absolute Gasteiger partial charge is 0.481 e. The molecule has 0 radical (unpaired) electrons. The summed E-state index contributed by atoms with van der Waals surface area (Å²) >= 11 is 0. The van der Waals surface area contributed by atoms with Crippen LogP contribution in [0.2, 0.25) is 0 Å². The molecule has 1 fully saturated rings. The van der Waals surface area contributed by atoms with Gasteiger partial charge in [0.2, 0.25) is 0 Å². The van der Waals surface area contributed by atoms with Crippen LogP contribution in [0, 0.1) is 11.3 Å². The lowest BCUT2D eigenvalue weighted by Crippen LogP contribution is -2.23. The van der Waals surface area contributed by atoms with Gasteiger partial charge < -0.3 is 4.74 Å². The summed E-state index contributed by atoms with van der Waals surface area (Å²) in [7, 11) is 0. The number of ether oxygens (including phenoxy) is 1. The van der Waals surface area contributed by atoms with Crippen molar-refractivity contribution in [2.24, 2.45) is 5.92 Å². The molecule has 1 N–H and O–H groups in total. The van der Waals surface area contributed by atoms with Crippen molar-refractivity contribution in [3.63, 3.8) is 0 Å². The van der Waals surface area contributed by atoms with E-state index in [4.69, 9.17) is 10.1 Å². The highest BCUT2D eigenvalue weighted by molar-refractivity contribution is 5.76. The smallest absolute Gasteiger partial charge is 0.183 e. The average molecular weight is 141 g/mol. The standard InChI is InChI=1S/C8H15NO/c1-2-6-10-8(9)7-4-3-5-7/h7,9H,2-6H2,1H3. The lowest BCUT2D eigenvalue weighted by Gasteiger charge is -2.25. The van der Waals surface area contributed by atoms with Crippen LogP contribution >= 0.6 is 0 Å². The average Bonchev–Trinajstić information content (AvgIpc) is 1.79. The fourth-order valence-electron chi connectivity index (χ4n) is 1.00. The predicted octanol–water partition coefficient (Wildman–Crippen LogP) is 2.19. The first-order valence-corrected chi connectivity index (χ1v) is 4.06. The molecule has 1 aliphatic carbocycles. The van der Waals surface area contributed by atoms with Gasteiger partial charge in [-0.25, -0.2) is 0 Å². The molecule has 0 atom stereocenters. The SMILES string of the molecule is CCCOC(=N)C1CCC1. The van der Waals surface area contributed by atoms with Gasteiger partial charge in [0, 0.05) is 5.92 Å². The zero-order chi connectivity index (χ0) is 7.40. The predicted molar refractivity (Wildman–Crippen MR) is 41.3 cm³/mol. The minimum atomic E-state index is 0.464. The Balaban J connectivity index is 2.08. The van der Waals surface area contributed by atoms with Gasteiger partial charge in [-0.3, -0.25) is 5.41 Å². The van der Waals surface area contributed by atoms with E-state index in [1.54, 1.807) is 0 Å². The summed E-state index contributed by atoms with van der Waals surface area (Å²) in [6, 6.07) is 0. The zero-order valence-electron chi connectivity index (χ0n) is 6.52. The number of hydrogen-bond donors (Lipinski definition) is 1. The summed E-state index contributed by atoms with van der Waals surface area (Å²) in [5.41, 5.74) is 0. The molecule has 0 saturated heterocycles. The van der Waals surface area contributed by atoms with Crippen molar-refractivity contribution in [1.82, 2.24) is 0 Å². The Morgan fingerprint density at radius 2 is 2.30 bits per heavy atom. The number of rotatable bonds is 3. The maximum atomic E-state index is 7.43. The van der Waals surface area contributed by atoms with Crippen molar-refractivity contribution in [2.45, 2.75) is 32.6 Å². The first-order valence-electron chi connectivity index (χ1n) is 4.06. The molecular formula is C8H15NO. The van der Waals surface area contributed by atoms with E-state index < -0.39 is 0 Å². The van der Waals surface area contributed by atoms with Crippen molar-refractivity contribution in [1.29, 1.82) is 5.41 Å². The molecule has 0 aromatic rings. The molecule has 2 heteroatoms. The van der Waals surface area contributed by atoms with E-state index in [2.05, 4.69) is 6.92 Å². The summed E-state index contributed by atoms with van der Waals surface area (Å²) < 4.78 is 5.18. The van der Waals surface area contributed by atoms with Gasteiger partial charge in [-0.15, -0.1) is 0 Å². The molecule has 0 aromatic carbocycles. The third-order valence-corrected chi connectivity index (χ3v) is 1.94. The van der Waals surface area contributed by atoms with Gasteiger partial charge in [0.25, 0.3) is 0 Å². The molecule has 0 spiro atoms. The summed E-state index contributed by atoms with van der Waals surface area (Å²) in [5, 5.41) is 7.43. The van der Waals surface area contributed by atoms with Crippen LogP contribution in [0.15, 0.2) is 0 Å². The van der Waals surface area contributed by atoms with Gasteiger partial charge in [0.15, 0.2) is 5.90 Å². The molecular weight excluding hydrogens is 126 g/mol. The van der Waals surface area contributed by atoms with Crippen LogP contribution in [0.1, 0.15) is 32.6 Å². The minimum Gasteiger partial charge on any atom is -0.481 e. The summed E-state index contributed by atoms with van der Waals surface area (Å²) in [6.07, 6.45) is 4.63.